The molecule has 0 aromatic heterocycles. The molecule has 0 aliphatic carbocycles. The van der Waals surface area contributed by atoms with E-state index in [0.717, 1.165) is 5.33 Å². The first-order chi connectivity index (χ1) is 5.15. The standard InChI is InChI=1S/C8H7Br2I/c1-5-6(4-9)2-7(11)3-8(5)10/h2-3H,4H2,1H3. The molecule has 0 aliphatic heterocycles. The first-order valence-electron chi connectivity index (χ1n) is 3.15. The lowest BCUT2D eigenvalue weighted by atomic mass is 10.1. The van der Waals surface area contributed by atoms with E-state index in [1.807, 2.05) is 0 Å². The van der Waals surface area contributed by atoms with Crippen LogP contribution in [0, 0.1) is 10.5 Å². The second-order valence-corrected chi connectivity index (χ2v) is 4.97. The number of halogens is 3. The molecule has 0 unspecified atom stereocenters. The maximum Gasteiger partial charge on any atom is 0.0286 e. The molecule has 0 N–H and O–H groups in total. The third-order valence-electron chi connectivity index (χ3n) is 1.56. The maximum atomic E-state index is 3.51. The highest BCUT2D eigenvalue weighted by Gasteiger charge is 2.01. The van der Waals surface area contributed by atoms with Crippen LogP contribution >= 0.6 is 54.5 Å². The van der Waals surface area contributed by atoms with Gasteiger partial charge in [0.25, 0.3) is 0 Å². The summed E-state index contributed by atoms with van der Waals surface area (Å²) >= 11 is 9.28. The number of rotatable bonds is 1. The van der Waals surface area contributed by atoms with Crippen molar-refractivity contribution < 1.29 is 0 Å². The van der Waals surface area contributed by atoms with E-state index in [4.69, 9.17) is 0 Å². The molecule has 1 rings (SSSR count). The van der Waals surface area contributed by atoms with Crippen LogP contribution in [0.15, 0.2) is 16.6 Å². The molecule has 1 aromatic rings. The van der Waals surface area contributed by atoms with E-state index in [0.29, 0.717) is 0 Å². The molecule has 0 radical (unpaired) electrons. The fraction of sp³-hybridized carbons (Fsp3) is 0.250. The van der Waals surface area contributed by atoms with E-state index in [1.54, 1.807) is 0 Å². The van der Waals surface area contributed by atoms with Crippen LogP contribution in [0.5, 0.6) is 0 Å². The van der Waals surface area contributed by atoms with E-state index < -0.39 is 0 Å². The molecule has 60 valence electrons. The molecule has 0 spiro atoms. The van der Waals surface area contributed by atoms with E-state index in [1.165, 1.54) is 19.2 Å². The second kappa shape index (κ2) is 4.23. The van der Waals surface area contributed by atoms with Crippen LogP contribution < -0.4 is 0 Å². The van der Waals surface area contributed by atoms with Gasteiger partial charge in [0, 0.05) is 13.4 Å². The Labute approximate surface area is 97.2 Å². The molecule has 1 aromatic carbocycles. The van der Waals surface area contributed by atoms with Crippen molar-refractivity contribution >= 4 is 54.5 Å². The summed E-state index contributed by atoms with van der Waals surface area (Å²) in [6.45, 7) is 2.12. The van der Waals surface area contributed by atoms with Gasteiger partial charge in [0.2, 0.25) is 0 Å². The fourth-order valence-electron chi connectivity index (χ4n) is 0.838. The van der Waals surface area contributed by atoms with Gasteiger partial charge in [0.1, 0.15) is 0 Å². The van der Waals surface area contributed by atoms with Crippen molar-refractivity contribution in [2.45, 2.75) is 12.3 Å². The van der Waals surface area contributed by atoms with Gasteiger partial charge in [-0.2, -0.15) is 0 Å². The number of hydrogen-bond donors (Lipinski definition) is 0. The Balaban J connectivity index is 3.24. The molecular formula is C8H7Br2I. The maximum absolute atomic E-state index is 3.51. The monoisotopic (exact) mass is 388 g/mol. The van der Waals surface area contributed by atoms with Crippen molar-refractivity contribution in [2.75, 3.05) is 0 Å². The molecule has 11 heavy (non-hydrogen) atoms. The zero-order valence-electron chi connectivity index (χ0n) is 6.00. The first-order valence-corrected chi connectivity index (χ1v) is 6.15. The summed E-state index contributed by atoms with van der Waals surface area (Å²) < 4.78 is 2.47. The summed E-state index contributed by atoms with van der Waals surface area (Å²) in [5.74, 6) is 0. The predicted octanol–water partition coefficient (Wildman–Crippen LogP) is 4.26. The van der Waals surface area contributed by atoms with Crippen molar-refractivity contribution in [1.82, 2.24) is 0 Å². The van der Waals surface area contributed by atoms with Gasteiger partial charge in [-0.05, 0) is 52.8 Å². The summed E-state index contributed by atoms with van der Waals surface area (Å²) in [6.07, 6.45) is 0. The molecule has 0 nitrogen and oxygen atoms in total. The minimum atomic E-state index is 0.925. The third-order valence-corrected chi connectivity index (χ3v) is 3.61. The van der Waals surface area contributed by atoms with Crippen LogP contribution in [0.1, 0.15) is 11.1 Å². The molecule has 0 fully saturated rings. The van der Waals surface area contributed by atoms with Gasteiger partial charge in [-0.25, -0.2) is 0 Å². The summed E-state index contributed by atoms with van der Waals surface area (Å²) in [7, 11) is 0. The van der Waals surface area contributed by atoms with E-state index in [9.17, 15) is 0 Å². The van der Waals surface area contributed by atoms with Gasteiger partial charge in [-0.3, -0.25) is 0 Å². The van der Waals surface area contributed by atoms with Crippen molar-refractivity contribution in [1.29, 1.82) is 0 Å². The van der Waals surface area contributed by atoms with Gasteiger partial charge in [-0.1, -0.05) is 31.9 Å². The summed E-state index contributed by atoms with van der Waals surface area (Å²) in [5.41, 5.74) is 2.67. The number of hydrogen-bond acceptors (Lipinski definition) is 0. The van der Waals surface area contributed by atoms with Gasteiger partial charge in [0.05, 0.1) is 0 Å². The molecule has 0 atom stereocenters. The Bertz CT molecular complexity index is 271. The number of alkyl halides is 1. The molecule has 0 saturated carbocycles. The van der Waals surface area contributed by atoms with Crippen LogP contribution in [0.4, 0.5) is 0 Å². The largest absolute Gasteiger partial charge is 0.0876 e. The average Bonchev–Trinajstić information content (AvgIpc) is 1.96. The van der Waals surface area contributed by atoms with Crippen molar-refractivity contribution in [3.63, 3.8) is 0 Å². The van der Waals surface area contributed by atoms with E-state index in [2.05, 4.69) is 73.5 Å². The number of benzene rings is 1. The Morgan fingerprint density at radius 1 is 1.45 bits per heavy atom. The molecule has 0 aliphatic rings. The minimum absolute atomic E-state index is 0.925. The highest BCUT2D eigenvalue weighted by Crippen LogP contribution is 2.24. The summed E-state index contributed by atoms with van der Waals surface area (Å²) in [6, 6.07) is 4.32. The van der Waals surface area contributed by atoms with Crippen LogP contribution in [0.3, 0.4) is 0 Å². The third kappa shape index (κ3) is 2.42. The van der Waals surface area contributed by atoms with Gasteiger partial charge >= 0.3 is 0 Å². The van der Waals surface area contributed by atoms with Gasteiger partial charge in [-0.15, -0.1) is 0 Å². The van der Waals surface area contributed by atoms with Crippen LogP contribution in [-0.2, 0) is 5.33 Å². The zero-order chi connectivity index (χ0) is 8.43. The van der Waals surface area contributed by atoms with E-state index in [-0.39, 0.29) is 0 Å². The lowest BCUT2D eigenvalue weighted by Gasteiger charge is -2.04. The zero-order valence-corrected chi connectivity index (χ0v) is 11.3. The molecule has 3 heteroatoms. The Morgan fingerprint density at radius 2 is 2.09 bits per heavy atom. The quantitative estimate of drug-likeness (QED) is 0.497. The SMILES string of the molecule is Cc1c(Br)cc(I)cc1CBr. The van der Waals surface area contributed by atoms with Crippen LogP contribution in [0.25, 0.3) is 0 Å². The summed E-state index contributed by atoms with van der Waals surface area (Å²) in [4.78, 5) is 0. The molecule has 0 amide bonds. The highest BCUT2D eigenvalue weighted by atomic mass is 127. The normalized spacial score (nSPS) is 10.2. The van der Waals surface area contributed by atoms with Crippen LogP contribution in [-0.4, -0.2) is 0 Å². The second-order valence-electron chi connectivity index (χ2n) is 2.31. The Hall–Kier alpha value is 0.910. The van der Waals surface area contributed by atoms with E-state index >= 15 is 0 Å². The highest BCUT2D eigenvalue weighted by molar-refractivity contribution is 14.1. The van der Waals surface area contributed by atoms with Crippen molar-refractivity contribution in [3.05, 3.63) is 31.3 Å². The van der Waals surface area contributed by atoms with Crippen molar-refractivity contribution in [2.24, 2.45) is 0 Å². The van der Waals surface area contributed by atoms with Crippen LogP contribution in [0.2, 0.25) is 0 Å². The fourth-order valence-corrected chi connectivity index (χ4v) is 3.04. The topological polar surface area (TPSA) is 0 Å². The molecular weight excluding hydrogens is 383 g/mol. The van der Waals surface area contributed by atoms with Gasteiger partial charge < -0.3 is 0 Å². The molecule has 0 bridgehead atoms. The molecule has 0 saturated heterocycles. The smallest absolute Gasteiger partial charge is 0.0286 e. The average molecular weight is 390 g/mol. The first kappa shape index (κ1) is 9.99. The predicted molar refractivity (Wildman–Crippen MR) is 64.2 cm³/mol. The lowest BCUT2D eigenvalue weighted by molar-refractivity contribution is 1.29. The van der Waals surface area contributed by atoms with Gasteiger partial charge in [0.15, 0.2) is 0 Å². The Morgan fingerprint density at radius 3 is 2.64 bits per heavy atom. The Kier molecular flexibility index (Phi) is 3.85. The molecule has 0 heterocycles. The lowest BCUT2D eigenvalue weighted by Crippen LogP contribution is -1.87. The minimum Gasteiger partial charge on any atom is -0.0876 e. The van der Waals surface area contributed by atoms with Crippen molar-refractivity contribution in [3.8, 4) is 0 Å². The summed E-state index contributed by atoms with van der Waals surface area (Å²) in [5, 5.41) is 0.925.